The number of rotatable bonds is 5. The zero-order valence-electron chi connectivity index (χ0n) is 16.7. The smallest absolute Gasteiger partial charge is 0.174 e. The summed E-state index contributed by atoms with van der Waals surface area (Å²) in [5.74, 6) is 0.339. The van der Waals surface area contributed by atoms with Gasteiger partial charge in [-0.05, 0) is 49.6 Å². The number of benzene rings is 2. The van der Waals surface area contributed by atoms with Crippen molar-refractivity contribution in [3.8, 4) is 0 Å². The number of hydrogen-bond donors (Lipinski definition) is 1. The van der Waals surface area contributed by atoms with E-state index < -0.39 is 5.82 Å². The van der Waals surface area contributed by atoms with Gasteiger partial charge in [0.25, 0.3) is 0 Å². The van der Waals surface area contributed by atoms with E-state index in [0.717, 1.165) is 22.9 Å². The number of aromatic nitrogens is 3. The van der Waals surface area contributed by atoms with Crippen LogP contribution in [0, 0.1) is 19.7 Å². The molecule has 160 valence electrons. The highest BCUT2D eigenvalue weighted by Crippen LogP contribution is 2.33. The topological polar surface area (TPSA) is 72.3 Å². The lowest BCUT2D eigenvalue weighted by atomic mass is 10.0. The molecule has 1 atom stereocenters. The Morgan fingerprint density at radius 2 is 2.00 bits per heavy atom. The molecule has 0 saturated carbocycles. The first-order valence-electron chi connectivity index (χ1n) is 9.45. The molecule has 0 amide bonds. The minimum Gasteiger partial charge on any atom is -0.272 e. The quantitative estimate of drug-likeness (QED) is 0.558. The number of aryl methyl sites for hydroxylation is 2. The zero-order valence-corrected chi connectivity index (χ0v) is 19.0. The summed E-state index contributed by atoms with van der Waals surface area (Å²) in [5.41, 5.74) is 5.31. The van der Waals surface area contributed by atoms with Crippen LogP contribution in [0.25, 0.3) is 0 Å². The van der Waals surface area contributed by atoms with Crippen LogP contribution in [0.15, 0.2) is 51.3 Å². The zero-order chi connectivity index (χ0) is 22.0. The molecule has 0 aliphatic carbocycles. The van der Waals surface area contributed by atoms with Gasteiger partial charge in [0, 0.05) is 5.02 Å². The first-order valence-corrected chi connectivity index (χ1v) is 11.0. The van der Waals surface area contributed by atoms with Crippen molar-refractivity contribution in [1.82, 2.24) is 20.7 Å². The van der Waals surface area contributed by atoms with Crippen LogP contribution >= 0.6 is 35.0 Å². The maximum atomic E-state index is 14.4. The molecule has 10 heteroatoms. The van der Waals surface area contributed by atoms with Gasteiger partial charge in [0.2, 0.25) is 0 Å². The van der Waals surface area contributed by atoms with E-state index in [1.807, 2.05) is 25.1 Å². The van der Waals surface area contributed by atoms with Crippen molar-refractivity contribution in [3.05, 3.63) is 74.9 Å². The van der Waals surface area contributed by atoms with Crippen LogP contribution in [-0.2, 0) is 11.3 Å². The highest BCUT2D eigenvalue weighted by molar-refractivity contribution is 7.99. The van der Waals surface area contributed by atoms with E-state index in [0.29, 0.717) is 45.3 Å². The largest absolute Gasteiger partial charge is 0.272 e. The van der Waals surface area contributed by atoms with Crippen molar-refractivity contribution < 1.29 is 9.23 Å². The van der Waals surface area contributed by atoms with Gasteiger partial charge in [-0.15, -0.1) is 10.2 Å². The fraction of sp³-hybridized carbons (Fsp3) is 0.238. The summed E-state index contributed by atoms with van der Waals surface area (Å²) in [6, 6.07) is 10.5. The van der Waals surface area contributed by atoms with Crippen LogP contribution in [0.1, 0.15) is 22.6 Å². The highest BCUT2D eigenvalue weighted by atomic mass is 35.5. The van der Waals surface area contributed by atoms with Crippen LogP contribution in [-0.4, -0.2) is 33.7 Å². The number of hydrogen-bond acceptors (Lipinski definition) is 7. The highest BCUT2D eigenvalue weighted by Gasteiger charge is 2.23. The molecular weight excluding hydrogens is 460 g/mol. The van der Waals surface area contributed by atoms with Crippen molar-refractivity contribution in [2.24, 2.45) is 4.99 Å². The summed E-state index contributed by atoms with van der Waals surface area (Å²) in [7, 11) is 0. The van der Waals surface area contributed by atoms with E-state index >= 15 is 0 Å². The molecule has 2 aromatic carbocycles. The fourth-order valence-electron chi connectivity index (χ4n) is 3.03. The second-order valence-electron chi connectivity index (χ2n) is 7.01. The molecule has 1 N–H and O–H groups in total. The normalized spacial score (nSPS) is 16.0. The standard InChI is InChI=1S/C21H18Cl2FN5OS/c1-11-6-7-13(16(23)8-11)9-14-10-30-29-20(26-14)19-21(28-27-12(2)25-19)31-17-5-3-4-15(22)18(17)24/h3-8,14H,9-10H2,1-2H3,(H,26,29). The monoisotopic (exact) mass is 477 g/mol. The molecule has 0 saturated heterocycles. The molecule has 1 unspecified atom stereocenters. The van der Waals surface area contributed by atoms with Crippen LogP contribution in [0.2, 0.25) is 10.0 Å². The number of hydroxylamine groups is 1. The third-order valence-electron chi connectivity index (χ3n) is 4.53. The summed E-state index contributed by atoms with van der Waals surface area (Å²) >= 11 is 13.4. The van der Waals surface area contributed by atoms with E-state index in [9.17, 15) is 4.39 Å². The number of nitrogens with zero attached hydrogens (tertiary/aromatic N) is 4. The summed E-state index contributed by atoms with van der Waals surface area (Å²) < 4.78 is 14.4. The molecule has 0 fully saturated rings. The molecule has 0 spiro atoms. The third kappa shape index (κ3) is 5.15. The second kappa shape index (κ2) is 9.48. The Bertz CT molecular complexity index is 1160. The predicted molar refractivity (Wildman–Crippen MR) is 119 cm³/mol. The van der Waals surface area contributed by atoms with Crippen molar-refractivity contribution in [2.45, 2.75) is 36.2 Å². The Hall–Kier alpha value is -2.26. The molecule has 4 rings (SSSR count). The first kappa shape index (κ1) is 22.0. The van der Waals surface area contributed by atoms with Gasteiger partial charge in [0.1, 0.15) is 11.5 Å². The second-order valence-corrected chi connectivity index (χ2v) is 8.86. The van der Waals surface area contributed by atoms with Gasteiger partial charge in [-0.1, -0.05) is 53.2 Å². The Morgan fingerprint density at radius 1 is 1.16 bits per heavy atom. The fourth-order valence-corrected chi connectivity index (χ4v) is 4.44. The third-order valence-corrected chi connectivity index (χ3v) is 6.18. The Kier molecular flexibility index (Phi) is 6.71. The average Bonchev–Trinajstić information content (AvgIpc) is 2.75. The predicted octanol–water partition coefficient (Wildman–Crippen LogP) is 4.98. The maximum Gasteiger partial charge on any atom is 0.174 e. The van der Waals surface area contributed by atoms with E-state index in [4.69, 9.17) is 33.0 Å². The summed E-state index contributed by atoms with van der Waals surface area (Å²) in [6.45, 7) is 4.08. The SMILES string of the molecule is Cc1ccc(CC2CONC(c3nc(C)nnc3Sc3cccc(Cl)c3F)=N2)c(Cl)c1. The van der Waals surface area contributed by atoms with E-state index in [1.54, 1.807) is 19.1 Å². The minimum atomic E-state index is -0.524. The lowest BCUT2D eigenvalue weighted by molar-refractivity contribution is 0.0621. The van der Waals surface area contributed by atoms with E-state index in [2.05, 4.69) is 20.7 Å². The molecule has 2 heterocycles. The number of nitrogens with one attached hydrogen (secondary N) is 1. The molecule has 3 aromatic rings. The molecule has 6 nitrogen and oxygen atoms in total. The molecule has 1 aromatic heterocycles. The summed E-state index contributed by atoms with van der Waals surface area (Å²) in [4.78, 5) is 15.1. The average molecular weight is 478 g/mol. The van der Waals surface area contributed by atoms with Gasteiger partial charge in [-0.25, -0.2) is 14.9 Å². The Morgan fingerprint density at radius 3 is 2.81 bits per heavy atom. The lowest BCUT2D eigenvalue weighted by Gasteiger charge is -2.22. The van der Waals surface area contributed by atoms with E-state index in [1.165, 1.54) is 6.07 Å². The summed E-state index contributed by atoms with van der Waals surface area (Å²) in [5, 5.41) is 9.32. The number of halogens is 3. The van der Waals surface area contributed by atoms with Crippen LogP contribution < -0.4 is 5.48 Å². The maximum absolute atomic E-state index is 14.4. The van der Waals surface area contributed by atoms with Crippen LogP contribution in [0.3, 0.4) is 0 Å². The van der Waals surface area contributed by atoms with Crippen molar-refractivity contribution in [3.63, 3.8) is 0 Å². The Labute approximate surface area is 193 Å². The minimum absolute atomic E-state index is 0.0334. The molecule has 1 aliphatic heterocycles. The molecule has 0 radical (unpaired) electrons. The lowest BCUT2D eigenvalue weighted by Crippen LogP contribution is -2.37. The number of amidine groups is 1. The van der Waals surface area contributed by atoms with Crippen LogP contribution in [0.4, 0.5) is 4.39 Å². The molecule has 0 bridgehead atoms. The van der Waals surface area contributed by atoms with Gasteiger partial charge in [-0.3, -0.25) is 9.83 Å². The first-order chi connectivity index (χ1) is 14.9. The number of aliphatic imine (C=N–C) groups is 1. The Balaban J connectivity index is 1.64. The summed E-state index contributed by atoms with van der Waals surface area (Å²) in [6.07, 6.45) is 0.604. The van der Waals surface area contributed by atoms with Gasteiger partial charge >= 0.3 is 0 Å². The molecule has 1 aliphatic rings. The van der Waals surface area contributed by atoms with Crippen LogP contribution in [0.5, 0.6) is 0 Å². The van der Waals surface area contributed by atoms with E-state index in [-0.39, 0.29) is 11.1 Å². The van der Waals surface area contributed by atoms with Crippen molar-refractivity contribution in [1.29, 1.82) is 0 Å². The molecular formula is C21H18Cl2FN5OS. The van der Waals surface area contributed by atoms with Gasteiger partial charge in [0.05, 0.1) is 22.6 Å². The van der Waals surface area contributed by atoms with Crippen molar-refractivity contribution in [2.75, 3.05) is 6.61 Å². The van der Waals surface area contributed by atoms with Crippen molar-refractivity contribution >= 4 is 40.8 Å². The molecule has 31 heavy (non-hydrogen) atoms. The van der Waals surface area contributed by atoms with Gasteiger partial charge in [0.15, 0.2) is 16.7 Å². The van der Waals surface area contributed by atoms with Gasteiger partial charge in [-0.2, -0.15) is 0 Å². The van der Waals surface area contributed by atoms with Gasteiger partial charge < -0.3 is 0 Å².